The summed E-state index contributed by atoms with van der Waals surface area (Å²) in [6, 6.07) is 48.3. The van der Waals surface area contributed by atoms with Gasteiger partial charge in [-0.05, 0) is 36.4 Å². The van der Waals surface area contributed by atoms with Crippen LogP contribution in [0, 0.1) is 39.0 Å². The third-order valence-electron chi connectivity index (χ3n) is 8.02. The van der Waals surface area contributed by atoms with Gasteiger partial charge in [-0.2, -0.15) is 89.5 Å². The van der Waals surface area contributed by atoms with Gasteiger partial charge in [-0.1, -0.05) is 39.0 Å². The molecule has 1 aliphatic rings. The molecular weight excluding hydrogens is 703 g/mol. The molecule has 0 aliphatic carbocycles. The first-order chi connectivity index (χ1) is 20.5. The number of pyridine rings is 3. The summed E-state index contributed by atoms with van der Waals surface area (Å²) < 4.78 is 0. The summed E-state index contributed by atoms with van der Waals surface area (Å²) in [6.07, 6.45) is 0. The molecule has 7 rings (SSSR count). The molecule has 0 fully saturated rings. The molecule has 0 saturated carbocycles. The maximum Gasteiger partial charge on any atom is 3.00 e. The van der Waals surface area contributed by atoms with E-state index in [9.17, 15) is 0 Å². The Bertz CT molecular complexity index is 1630. The Morgan fingerprint density at radius 3 is 0.907 bits per heavy atom. The second-order valence-corrected chi connectivity index (χ2v) is 11.2. The summed E-state index contributed by atoms with van der Waals surface area (Å²) >= 11 is 0. The number of aromatic nitrogens is 3. The molecule has 0 unspecified atom stereocenters. The van der Waals surface area contributed by atoms with Crippen LogP contribution in [0.5, 0.6) is 0 Å². The van der Waals surface area contributed by atoms with E-state index in [4.69, 9.17) is 15.0 Å². The van der Waals surface area contributed by atoms with Crippen molar-refractivity contribution >= 4 is 0 Å². The number of nitrogens with zero attached hydrogens (tertiary/aromatic N) is 3. The first-order valence-electron chi connectivity index (χ1n) is 14.4. The SMILES string of the molecule is Cc1cc[c-]c(C2c3cccc(n3)C(c3[c-]ccc(C)c3)c3cccc(n3)C(c3[c-]ccc(C)c3)c3cccc2n3)c1.[Ir+3]. The molecule has 0 radical (unpaired) electrons. The normalized spacial score (nSPS) is 17.2. The summed E-state index contributed by atoms with van der Waals surface area (Å²) in [6.45, 7) is 6.35. The minimum atomic E-state index is -0.181. The Kier molecular flexibility index (Phi) is 8.17. The quantitative estimate of drug-likeness (QED) is 0.173. The van der Waals surface area contributed by atoms with Gasteiger partial charge in [0.05, 0.1) is 34.2 Å². The van der Waals surface area contributed by atoms with Crippen molar-refractivity contribution in [3.05, 3.63) is 195 Å². The summed E-state index contributed by atoms with van der Waals surface area (Å²) in [4.78, 5) is 16.1. The maximum absolute atomic E-state index is 5.35. The molecule has 0 saturated heterocycles. The fourth-order valence-electron chi connectivity index (χ4n) is 6.10. The summed E-state index contributed by atoms with van der Waals surface area (Å²) in [5.74, 6) is -0.542. The molecule has 0 N–H and O–H groups in total. The molecule has 0 atom stereocenters. The molecule has 0 amide bonds. The van der Waals surface area contributed by atoms with E-state index in [-0.39, 0.29) is 37.9 Å². The van der Waals surface area contributed by atoms with Gasteiger partial charge in [-0.3, -0.25) is 15.0 Å². The largest absolute Gasteiger partial charge is 3.00 e. The zero-order valence-corrected chi connectivity index (χ0v) is 26.7. The third-order valence-corrected chi connectivity index (χ3v) is 8.02. The zero-order valence-electron chi connectivity index (χ0n) is 24.3. The minimum absolute atomic E-state index is 0. The predicted molar refractivity (Wildman–Crippen MR) is 166 cm³/mol. The predicted octanol–water partition coefficient (Wildman–Crippen LogP) is 8.05. The molecule has 4 heteroatoms. The van der Waals surface area contributed by atoms with Crippen molar-refractivity contribution in [3.8, 4) is 0 Å². The smallest absolute Gasteiger partial charge is 0.256 e. The second-order valence-electron chi connectivity index (χ2n) is 11.2. The Labute approximate surface area is 267 Å². The van der Waals surface area contributed by atoms with Gasteiger partial charge in [-0.25, -0.2) is 0 Å². The Balaban J connectivity index is 0.00000329. The maximum atomic E-state index is 5.35. The van der Waals surface area contributed by atoms with Crippen LogP contribution in [0.3, 0.4) is 0 Å². The van der Waals surface area contributed by atoms with Crippen molar-refractivity contribution in [1.82, 2.24) is 15.0 Å². The fraction of sp³-hybridized carbons (Fsp3) is 0.154. The molecule has 210 valence electrons. The molecule has 43 heavy (non-hydrogen) atoms. The van der Waals surface area contributed by atoms with Gasteiger partial charge < -0.3 is 0 Å². The van der Waals surface area contributed by atoms with Crippen molar-refractivity contribution in [3.63, 3.8) is 0 Å². The van der Waals surface area contributed by atoms with Gasteiger partial charge >= 0.3 is 20.1 Å². The van der Waals surface area contributed by atoms with E-state index in [1.165, 1.54) is 16.7 Å². The van der Waals surface area contributed by atoms with Crippen LogP contribution in [0.1, 0.15) is 85.3 Å². The zero-order chi connectivity index (χ0) is 28.6. The summed E-state index contributed by atoms with van der Waals surface area (Å²) in [5, 5.41) is 0. The molecule has 6 bridgehead atoms. The van der Waals surface area contributed by atoms with Gasteiger partial charge in [0.2, 0.25) is 0 Å². The molecule has 4 heterocycles. The average Bonchev–Trinajstić information content (AvgIpc) is 2.98. The van der Waals surface area contributed by atoms with Crippen molar-refractivity contribution in [2.45, 2.75) is 38.5 Å². The van der Waals surface area contributed by atoms with Crippen LogP contribution < -0.4 is 0 Å². The van der Waals surface area contributed by atoms with Gasteiger partial charge in [0.1, 0.15) is 0 Å². The van der Waals surface area contributed by atoms with Gasteiger partial charge in [0.15, 0.2) is 0 Å². The number of fused-ring (bicyclic) bond motifs is 6. The Morgan fingerprint density at radius 1 is 0.419 bits per heavy atom. The number of hydrogen-bond donors (Lipinski definition) is 0. The standard InChI is InChI=1S/C39H30N3.Ir/c1-25-10-4-13-28(22-25)37-31-16-7-18-33(40-31)38(29-14-5-11-26(2)23-29)35-20-9-21-36(42-35)39(30-15-6-12-27(3)24-30)34-19-8-17-32(37)41-34;/h4-12,16-24,37-39H,1-3H3;/q-3;+3. The Hall–Kier alpha value is -4.24. The van der Waals surface area contributed by atoms with Gasteiger partial charge in [-0.15, -0.1) is 16.7 Å². The van der Waals surface area contributed by atoms with Crippen molar-refractivity contribution in [2.24, 2.45) is 0 Å². The van der Waals surface area contributed by atoms with Crippen LogP contribution in [-0.2, 0) is 20.1 Å². The summed E-state index contributed by atoms with van der Waals surface area (Å²) in [7, 11) is 0. The van der Waals surface area contributed by atoms with Crippen LogP contribution in [0.4, 0.5) is 0 Å². The van der Waals surface area contributed by atoms with Crippen molar-refractivity contribution in [2.75, 3.05) is 0 Å². The van der Waals surface area contributed by atoms with E-state index < -0.39 is 0 Å². The van der Waals surface area contributed by atoms with Crippen LogP contribution >= 0.6 is 0 Å². The molecule has 0 spiro atoms. The van der Waals surface area contributed by atoms with E-state index in [1.807, 2.05) is 18.2 Å². The fourth-order valence-corrected chi connectivity index (χ4v) is 6.10. The average molecular weight is 733 g/mol. The number of hydrogen-bond acceptors (Lipinski definition) is 3. The first-order valence-corrected chi connectivity index (χ1v) is 14.4. The monoisotopic (exact) mass is 733 g/mol. The van der Waals surface area contributed by atoms with Crippen molar-refractivity contribution in [1.29, 1.82) is 0 Å². The second kappa shape index (κ2) is 12.2. The molecule has 3 aromatic heterocycles. The number of rotatable bonds is 3. The number of benzene rings is 3. The van der Waals surface area contributed by atoms with Crippen LogP contribution in [0.15, 0.2) is 109 Å². The van der Waals surface area contributed by atoms with E-state index in [1.54, 1.807) is 0 Å². The van der Waals surface area contributed by atoms with Gasteiger partial charge in [0, 0.05) is 17.8 Å². The van der Waals surface area contributed by atoms with E-state index in [2.05, 4.69) is 130 Å². The molecule has 3 nitrogen and oxygen atoms in total. The third kappa shape index (κ3) is 5.73. The minimum Gasteiger partial charge on any atom is -0.256 e. The molecule has 6 aromatic rings. The molecular formula is C39H30IrN3. The van der Waals surface area contributed by atoms with E-state index >= 15 is 0 Å². The molecule has 3 aromatic carbocycles. The first kappa shape index (κ1) is 28.9. The number of aryl methyl sites for hydroxylation is 3. The topological polar surface area (TPSA) is 38.7 Å². The molecule has 1 aliphatic heterocycles. The summed E-state index contributed by atoms with van der Waals surface area (Å²) in [5.41, 5.74) is 12.3. The van der Waals surface area contributed by atoms with Gasteiger partial charge in [0.25, 0.3) is 0 Å². The van der Waals surface area contributed by atoms with E-state index in [0.717, 1.165) is 50.9 Å². The van der Waals surface area contributed by atoms with Crippen LogP contribution in [0.2, 0.25) is 0 Å². The van der Waals surface area contributed by atoms with Crippen LogP contribution in [0.25, 0.3) is 0 Å². The van der Waals surface area contributed by atoms with Crippen molar-refractivity contribution < 1.29 is 20.1 Å². The van der Waals surface area contributed by atoms with E-state index in [0.29, 0.717) is 0 Å². The Morgan fingerprint density at radius 2 is 0.674 bits per heavy atom. The van der Waals surface area contributed by atoms with Crippen LogP contribution in [-0.4, -0.2) is 15.0 Å².